The molecule has 0 saturated carbocycles. The molecule has 0 aliphatic rings. The predicted molar refractivity (Wildman–Crippen MR) is 211 cm³/mol. The van der Waals surface area contributed by atoms with E-state index in [0.717, 1.165) is 27.7 Å². The summed E-state index contributed by atoms with van der Waals surface area (Å²) in [4.78, 5) is 10.8. The number of rotatable bonds is 3. The largest absolute Gasteiger partial charge is 0.276 e. The van der Waals surface area contributed by atoms with Crippen molar-refractivity contribution in [2.24, 2.45) is 0 Å². The summed E-state index contributed by atoms with van der Waals surface area (Å²) >= 11 is 3.78. The van der Waals surface area contributed by atoms with Gasteiger partial charge >= 0.3 is 0 Å². The number of aromatic nitrogens is 3. The van der Waals surface area contributed by atoms with E-state index in [2.05, 4.69) is 156 Å². The van der Waals surface area contributed by atoms with Crippen LogP contribution in [0.15, 0.2) is 152 Å². The van der Waals surface area contributed by atoms with E-state index in [1.165, 1.54) is 67.8 Å². The van der Waals surface area contributed by atoms with Crippen LogP contribution in [0.1, 0.15) is 0 Å². The SMILES string of the molecule is c1ccc(-c2ccc(-c3nc(-n4c5ccccc5c5c6c7ccccc7sc6c6c7ccccc7sc6c54)nc4ccccc34)cc2)cc1. The van der Waals surface area contributed by atoms with Gasteiger partial charge in [0.2, 0.25) is 5.95 Å². The first kappa shape index (κ1) is 27.1. The van der Waals surface area contributed by atoms with E-state index >= 15 is 0 Å². The fraction of sp³-hybridized carbons (Fsp3) is 0. The minimum Gasteiger partial charge on any atom is -0.276 e. The molecule has 0 saturated heterocycles. The van der Waals surface area contributed by atoms with Crippen LogP contribution in [0.3, 0.4) is 0 Å². The quantitative estimate of drug-likeness (QED) is 0.189. The molecule has 11 rings (SSSR count). The molecule has 3 nitrogen and oxygen atoms in total. The summed E-state index contributed by atoms with van der Waals surface area (Å²) in [5, 5.41) is 8.77. The van der Waals surface area contributed by atoms with Crippen molar-refractivity contribution in [2.45, 2.75) is 0 Å². The highest BCUT2D eigenvalue weighted by atomic mass is 32.1. The van der Waals surface area contributed by atoms with E-state index in [9.17, 15) is 0 Å². The van der Waals surface area contributed by atoms with Crippen molar-refractivity contribution in [3.05, 3.63) is 152 Å². The van der Waals surface area contributed by atoms with E-state index < -0.39 is 0 Å². The van der Waals surface area contributed by atoms with Gasteiger partial charge in [0.25, 0.3) is 0 Å². The first-order valence-electron chi connectivity index (χ1n) is 16.4. The van der Waals surface area contributed by atoms with Crippen LogP contribution >= 0.6 is 22.7 Å². The summed E-state index contributed by atoms with van der Waals surface area (Å²) in [5.74, 6) is 0.685. The smallest absolute Gasteiger partial charge is 0.235 e. The van der Waals surface area contributed by atoms with Gasteiger partial charge in [0, 0.05) is 57.4 Å². The first-order valence-corrected chi connectivity index (χ1v) is 18.1. The summed E-state index contributed by atoms with van der Waals surface area (Å²) in [7, 11) is 0. The molecule has 11 aromatic rings. The number of hydrogen-bond donors (Lipinski definition) is 0. The lowest BCUT2D eigenvalue weighted by Crippen LogP contribution is -2.03. The van der Waals surface area contributed by atoms with E-state index in [1.807, 2.05) is 22.7 Å². The Morgan fingerprint density at radius 1 is 0.408 bits per heavy atom. The summed E-state index contributed by atoms with van der Waals surface area (Å²) in [6.45, 7) is 0. The molecule has 7 aromatic carbocycles. The van der Waals surface area contributed by atoms with Crippen molar-refractivity contribution in [3.8, 4) is 28.3 Å². The van der Waals surface area contributed by atoms with Gasteiger partial charge < -0.3 is 0 Å². The van der Waals surface area contributed by atoms with Gasteiger partial charge in [-0.15, -0.1) is 22.7 Å². The zero-order valence-corrected chi connectivity index (χ0v) is 27.7. The van der Waals surface area contributed by atoms with Gasteiger partial charge in [-0.25, -0.2) is 9.97 Å². The predicted octanol–water partition coefficient (Wildman–Crippen LogP) is 12.8. The Hall–Kier alpha value is -5.88. The topological polar surface area (TPSA) is 30.7 Å². The lowest BCUT2D eigenvalue weighted by atomic mass is 10.0. The molecule has 0 aliphatic carbocycles. The fourth-order valence-corrected chi connectivity index (χ4v) is 10.2. The van der Waals surface area contributed by atoms with Gasteiger partial charge in [-0.1, -0.05) is 127 Å². The maximum atomic E-state index is 5.47. The summed E-state index contributed by atoms with van der Waals surface area (Å²) in [6, 6.07) is 54.2. The Morgan fingerprint density at radius 2 is 0.980 bits per heavy atom. The molecule has 0 amide bonds. The number of hydrogen-bond acceptors (Lipinski definition) is 4. The molecule has 0 N–H and O–H groups in total. The second-order valence-corrected chi connectivity index (χ2v) is 14.6. The number of fused-ring (bicyclic) bond motifs is 13. The minimum absolute atomic E-state index is 0.685. The highest BCUT2D eigenvalue weighted by molar-refractivity contribution is 7.30. The Labute approximate surface area is 289 Å². The zero-order valence-electron chi connectivity index (χ0n) is 26.1. The number of para-hydroxylation sites is 2. The Morgan fingerprint density at radius 3 is 1.76 bits per heavy atom. The molecule has 0 fully saturated rings. The highest BCUT2D eigenvalue weighted by Crippen LogP contribution is 2.52. The third-order valence-electron chi connectivity index (χ3n) is 9.81. The molecule has 0 unspecified atom stereocenters. The van der Waals surface area contributed by atoms with Gasteiger partial charge in [0.15, 0.2) is 0 Å². The zero-order chi connectivity index (χ0) is 32.1. The molecular weight excluding hydrogens is 635 g/mol. The molecule has 0 atom stereocenters. The maximum absolute atomic E-state index is 5.47. The third-order valence-corrected chi connectivity index (χ3v) is 12.2. The van der Waals surface area contributed by atoms with Crippen molar-refractivity contribution < 1.29 is 0 Å². The average Bonchev–Trinajstić information content (AvgIpc) is 3.85. The van der Waals surface area contributed by atoms with Gasteiger partial charge in [-0.05, 0) is 35.4 Å². The van der Waals surface area contributed by atoms with Crippen LogP contribution in [-0.2, 0) is 0 Å². The molecule has 228 valence electrons. The van der Waals surface area contributed by atoms with E-state index in [-0.39, 0.29) is 0 Å². The third kappa shape index (κ3) is 3.88. The molecule has 4 aromatic heterocycles. The molecule has 0 spiro atoms. The lowest BCUT2D eigenvalue weighted by Gasteiger charge is -2.12. The van der Waals surface area contributed by atoms with Crippen LogP contribution in [0.4, 0.5) is 0 Å². The van der Waals surface area contributed by atoms with Gasteiger partial charge in [0.05, 0.1) is 26.9 Å². The molecule has 4 heterocycles. The Kier molecular flexibility index (Phi) is 5.70. The van der Waals surface area contributed by atoms with Crippen LogP contribution in [-0.4, -0.2) is 14.5 Å². The summed E-state index contributed by atoms with van der Waals surface area (Å²) in [5.41, 5.74) is 7.60. The fourth-order valence-electron chi connectivity index (χ4n) is 7.66. The molecular formula is C44H25N3S2. The average molecular weight is 660 g/mol. The van der Waals surface area contributed by atoms with Crippen molar-refractivity contribution in [1.29, 1.82) is 0 Å². The second kappa shape index (κ2) is 10.3. The van der Waals surface area contributed by atoms with E-state index in [0.29, 0.717) is 5.95 Å². The van der Waals surface area contributed by atoms with Gasteiger partial charge in [0.1, 0.15) is 0 Å². The normalized spacial score (nSPS) is 12.1. The van der Waals surface area contributed by atoms with Crippen LogP contribution in [0.2, 0.25) is 0 Å². The van der Waals surface area contributed by atoms with Crippen LogP contribution in [0.5, 0.6) is 0 Å². The number of benzene rings is 7. The number of nitrogens with zero attached hydrogens (tertiary/aromatic N) is 3. The second-order valence-electron chi connectivity index (χ2n) is 12.5. The van der Waals surface area contributed by atoms with E-state index in [1.54, 1.807) is 0 Å². The standard InChI is InChI=1S/C44H25N3S2/c1-2-12-26(13-3-1)27-22-24-28(25-23-27)40-29-14-4-8-18-33(29)45-44(46-40)47-34-19-9-5-15-30(34)37-38-31-16-6-10-20-35(31)48-42(38)39-32-17-7-11-21-36(32)49-43(39)41(37)47/h1-25H. The van der Waals surface area contributed by atoms with Crippen molar-refractivity contribution >= 4 is 95.7 Å². The molecule has 0 radical (unpaired) electrons. The molecule has 5 heteroatoms. The van der Waals surface area contributed by atoms with Crippen LogP contribution in [0.25, 0.3) is 101 Å². The van der Waals surface area contributed by atoms with Crippen LogP contribution < -0.4 is 0 Å². The maximum Gasteiger partial charge on any atom is 0.235 e. The molecule has 49 heavy (non-hydrogen) atoms. The summed E-state index contributed by atoms with van der Waals surface area (Å²) in [6.07, 6.45) is 0. The highest BCUT2D eigenvalue weighted by Gasteiger charge is 2.25. The number of thiophene rings is 2. The van der Waals surface area contributed by atoms with E-state index in [4.69, 9.17) is 9.97 Å². The molecule has 0 bridgehead atoms. The van der Waals surface area contributed by atoms with Crippen molar-refractivity contribution in [1.82, 2.24) is 14.5 Å². The van der Waals surface area contributed by atoms with Crippen LogP contribution in [0, 0.1) is 0 Å². The lowest BCUT2D eigenvalue weighted by molar-refractivity contribution is 1.02. The summed E-state index contributed by atoms with van der Waals surface area (Å²) < 4.78 is 7.56. The first-order chi connectivity index (χ1) is 24.3. The van der Waals surface area contributed by atoms with Crippen molar-refractivity contribution in [2.75, 3.05) is 0 Å². The Balaban J connectivity index is 1.29. The monoisotopic (exact) mass is 659 g/mol. The van der Waals surface area contributed by atoms with Gasteiger partial charge in [-0.3, -0.25) is 4.57 Å². The Bertz CT molecular complexity index is 3090. The van der Waals surface area contributed by atoms with Crippen molar-refractivity contribution in [3.63, 3.8) is 0 Å². The molecule has 0 aliphatic heterocycles. The van der Waals surface area contributed by atoms with Gasteiger partial charge in [-0.2, -0.15) is 0 Å². The minimum atomic E-state index is 0.685.